The van der Waals surface area contributed by atoms with Crippen LogP contribution in [0.15, 0.2) is 12.2 Å². The van der Waals surface area contributed by atoms with Crippen LogP contribution in [0.2, 0.25) is 0 Å². The SMILES string of the molecule is CCCC[CH]C(=O)CCCCCCC/C=C\CCCCCCCC. The zero-order valence-corrected chi connectivity index (χ0v) is 16.7. The number of hydrogen-bond donors (Lipinski definition) is 0. The molecule has 0 fully saturated rings. The first-order valence-electron chi connectivity index (χ1n) is 10.8. The van der Waals surface area contributed by atoms with Crippen LogP contribution in [0, 0.1) is 6.42 Å². The van der Waals surface area contributed by atoms with E-state index in [-0.39, 0.29) is 0 Å². The van der Waals surface area contributed by atoms with E-state index in [1.807, 2.05) is 6.42 Å². The van der Waals surface area contributed by atoms with Gasteiger partial charge in [-0.25, -0.2) is 0 Å². The molecular formula is C23H43O. The number of unbranched alkanes of at least 4 members (excludes halogenated alkanes) is 13. The van der Waals surface area contributed by atoms with Gasteiger partial charge >= 0.3 is 0 Å². The first kappa shape index (κ1) is 23.4. The summed E-state index contributed by atoms with van der Waals surface area (Å²) in [4.78, 5) is 11.6. The lowest BCUT2D eigenvalue weighted by atomic mass is 10.0. The molecule has 1 heteroatoms. The highest BCUT2D eigenvalue weighted by Crippen LogP contribution is 2.11. The molecule has 0 saturated carbocycles. The van der Waals surface area contributed by atoms with Crippen molar-refractivity contribution in [2.24, 2.45) is 0 Å². The van der Waals surface area contributed by atoms with E-state index in [0.29, 0.717) is 5.78 Å². The van der Waals surface area contributed by atoms with Gasteiger partial charge in [-0.3, -0.25) is 4.79 Å². The van der Waals surface area contributed by atoms with Crippen LogP contribution in [-0.4, -0.2) is 5.78 Å². The smallest absolute Gasteiger partial charge is 0.136 e. The van der Waals surface area contributed by atoms with Gasteiger partial charge in [0.15, 0.2) is 0 Å². The Morgan fingerprint density at radius 2 is 1.08 bits per heavy atom. The molecule has 0 amide bonds. The highest BCUT2D eigenvalue weighted by atomic mass is 16.1. The van der Waals surface area contributed by atoms with Gasteiger partial charge in [-0.2, -0.15) is 0 Å². The van der Waals surface area contributed by atoms with E-state index in [0.717, 1.165) is 25.7 Å². The lowest BCUT2D eigenvalue weighted by molar-refractivity contribution is -0.116. The fourth-order valence-corrected chi connectivity index (χ4v) is 2.94. The molecule has 0 atom stereocenters. The van der Waals surface area contributed by atoms with E-state index < -0.39 is 0 Å². The minimum absolute atomic E-state index is 0.362. The molecule has 1 radical (unpaired) electrons. The molecule has 0 N–H and O–H groups in total. The average Bonchev–Trinajstić information content (AvgIpc) is 2.58. The molecule has 0 aliphatic carbocycles. The molecule has 0 aliphatic heterocycles. The maximum Gasteiger partial charge on any atom is 0.136 e. The molecule has 1 nitrogen and oxygen atoms in total. The molecule has 0 unspecified atom stereocenters. The third kappa shape index (κ3) is 19.5. The van der Waals surface area contributed by atoms with Crippen molar-refractivity contribution in [3.05, 3.63) is 18.6 Å². The van der Waals surface area contributed by atoms with Gasteiger partial charge in [0.25, 0.3) is 0 Å². The fraction of sp³-hybridized carbons (Fsp3) is 0.826. The Hall–Kier alpha value is -0.590. The van der Waals surface area contributed by atoms with Crippen LogP contribution in [0.5, 0.6) is 0 Å². The Morgan fingerprint density at radius 3 is 1.67 bits per heavy atom. The lowest BCUT2D eigenvalue weighted by Gasteiger charge is -2.01. The summed E-state index contributed by atoms with van der Waals surface area (Å²) in [6, 6.07) is 0. The van der Waals surface area contributed by atoms with Crippen molar-refractivity contribution in [2.75, 3.05) is 0 Å². The highest BCUT2D eigenvalue weighted by molar-refractivity contribution is 5.86. The Labute approximate surface area is 152 Å². The monoisotopic (exact) mass is 335 g/mol. The van der Waals surface area contributed by atoms with Crippen molar-refractivity contribution < 1.29 is 4.79 Å². The normalized spacial score (nSPS) is 11.4. The maximum absolute atomic E-state index is 11.6. The summed E-state index contributed by atoms with van der Waals surface area (Å²) >= 11 is 0. The molecule has 0 aromatic heterocycles. The summed E-state index contributed by atoms with van der Waals surface area (Å²) in [5.41, 5.74) is 0. The van der Waals surface area contributed by atoms with Crippen molar-refractivity contribution in [3.8, 4) is 0 Å². The lowest BCUT2D eigenvalue weighted by Crippen LogP contribution is -1.98. The second-order valence-electron chi connectivity index (χ2n) is 7.15. The number of ketones is 1. The van der Waals surface area contributed by atoms with Crippen molar-refractivity contribution in [1.82, 2.24) is 0 Å². The number of hydrogen-bond acceptors (Lipinski definition) is 1. The van der Waals surface area contributed by atoms with Gasteiger partial charge in [-0.1, -0.05) is 90.2 Å². The van der Waals surface area contributed by atoms with Crippen molar-refractivity contribution in [1.29, 1.82) is 0 Å². The number of rotatable bonds is 19. The first-order valence-corrected chi connectivity index (χ1v) is 10.8. The van der Waals surface area contributed by atoms with Crippen molar-refractivity contribution in [3.63, 3.8) is 0 Å². The minimum atomic E-state index is 0.362. The van der Waals surface area contributed by atoms with E-state index in [1.165, 1.54) is 83.5 Å². The zero-order valence-electron chi connectivity index (χ0n) is 16.7. The summed E-state index contributed by atoms with van der Waals surface area (Å²) in [6.45, 7) is 4.44. The predicted octanol–water partition coefficient (Wildman–Crippen LogP) is 7.99. The van der Waals surface area contributed by atoms with Crippen LogP contribution in [-0.2, 0) is 4.79 Å². The van der Waals surface area contributed by atoms with Crippen LogP contribution in [0.1, 0.15) is 123 Å². The van der Waals surface area contributed by atoms with Gasteiger partial charge in [-0.15, -0.1) is 0 Å². The van der Waals surface area contributed by atoms with Gasteiger partial charge in [0.2, 0.25) is 0 Å². The summed E-state index contributed by atoms with van der Waals surface area (Å²) in [7, 11) is 0. The third-order valence-electron chi connectivity index (χ3n) is 4.61. The van der Waals surface area contributed by atoms with Crippen LogP contribution >= 0.6 is 0 Å². The minimum Gasteiger partial charge on any atom is -0.299 e. The van der Waals surface area contributed by atoms with Gasteiger partial charge in [0.05, 0.1) is 0 Å². The van der Waals surface area contributed by atoms with Crippen LogP contribution in [0.25, 0.3) is 0 Å². The molecule has 0 saturated heterocycles. The van der Waals surface area contributed by atoms with E-state index in [1.54, 1.807) is 0 Å². The summed E-state index contributed by atoms with van der Waals surface area (Å²) in [5.74, 6) is 0.362. The molecule has 0 aromatic carbocycles. The van der Waals surface area contributed by atoms with Gasteiger partial charge in [0, 0.05) is 12.8 Å². The van der Waals surface area contributed by atoms with E-state index in [9.17, 15) is 4.79 Å². The molecule has 0 aromatic rings. The van der Waals surface area contributed by atoms with E-state index >= 15 is 0 Å². The van der Waals surface area contributed by atoms with Crippen molar-refractivity contribution >= 4 is 5.78 Å². The topological polar surface area (TPSA) is 17.1 Å². The first-order chi connectivity index (χ1) is 11.8. The average molecular weight is 336 g/mol. The molecule has 0 heterocycles. The van der Waals surface area contributed by atoms with Crippen LogP contribution in [0.4, 0.5) is 0 Å². The Balaban J connectivity index is 3.16. The molecular weight excluding hydrogens is 292 g/mol. The van der Waals surface area contributed by atoms with E-state index in [4.69, 9.17) is 0 Å². The molecule has 0 bridgehead atoms. The number of carbonyl (C=O) groups is 1. The fourth-order valence-electron chi connectivity index (χ4n) is 2.94. The molecule has 24 heavy (non-hydrogen) atoms. The zero-order chi connectivity index (χ0) is 17.7. The number of allylic oxidation sites excluding steroid dienone is 2. The summed E-state index contributed by atoms with van der Waals surface area (Å²) < 4.78 is 0. The van der Waals surface area contributed by atoms with Gasteiger partial charge in [0.1, 0.15) is 5.78 Å². The second-order valence-corrected chi connectivity index (χ2v) is 7.15. The summed E-state index contributed by atoms with van der Waals surface area (Å²) in [6.07, 6.45) is 27.8. The van der Waals surface area contributed by atoms with Gasteiger partial charge < -0.3 is 0 Å². The largest absolute Gasteiger partial charge is 0.299 e. The Bertz CT molecular complexity index is 280. The number of carbonyl (C=O) groups excluding carboxylic acids is 1. The highest BCUT2D eigenvalue weighted by Gasteiger charge is 2.01. The van der Waals surface area contributed by atoms with Crippen LogP contribution < -0.4 is 0 Å². The van der Waals surface area contributed by atoms with Crippen LogP contribution in [0.3, 0.4) is 0 Å². The molecule has 0 spiro atoms. The molecule has 0 aliphatic rings. The third-order valence-corrected chi connectivity index (χ3v) is 4.61. The summed E-state index contributed by atoms with van der Waals surface area (Å²) in [5, 5.41) is 0. The van der Waals surface area contributed by atoms with Gasteiger partial charge in [-0.05, 0) is 38.5 Å². The van der Waals surface area contributed by atoms with E-state index in [2.05, 4.69) is 26.0 Å². The Morgan fingerprint density at radius 1 is 0.583 bits per heavy atom. The molecule has 141 valence electrons. The standard InChI is InChI=1S/C23H43O/c1-3-5-7-8-9-10-11-12-13-14-15-16-17-18-20-22-23(24)21-19-6-4-2/h12-13,21H,3-11,14-20,22H2,1-2H3/b13-12-. The predicted molar refractivity (Wildman–Crippen MR) is 108 cm³/mol. The van der Waals surface area contributed by atoms with Crippen molar-refractivity contribution in [2.45, 2.75) is 123 Å². The molecule has 0 rings (SSSR count). The number of Topliss-reactive ketones (excluding diaryl/α,β-unsaturated/α-hetero) is 1. The second kappa shape index (κ2) is 20.5. The Kier molecular flexibility index (Phi) is 20.0. The maximum atomic E-state index is 11.6. The quantitative estimate of drug-likeness (QED) is 0.173.